The lowest BCUT2D eigenvalue weighted by Crippen LogP contribution is -2.36. The molecule has 0 rings (SSSR count). The maximum absolute atomic E-state index is 11.0. The summed E-state index contributed by atoms with van der Waals surface area (Å²) in [5.41, 5.74) is 5.49. The van der Waals surface area contributed by atoms with Gasteiger partial charge in [0.1, 0.15) is 6.04 Å². The van der Waals surface area contributed by atoms with Gasteiger partial charge in [-0.05, 0) is 6.42 Å². The first kappa shape index (κ1) is 20.3. The first-order valence-electron chi connectivity index (χ1n) is 7.36. The summed E-state index contributed by atoms with van der Waals surface area (Å²) in [7, 11) is 1.29. The smallest absolute Gasteiger partial charge is 0.325 e. The summed E-state index contributed by atoms with van der Waals surface area (Å²) >= 11 is 0. The molecule has 0 spiro atoms. The minimum atomic E-state index is -0.744. The van der Waals surface area contributed by atoms with Gasteiger partial charge in [-0.2, -0.15) is 0 Å². The summed E-state index contributed by atoms with van der Waals surface area (Å²) in [5, 5.41) is 0. The van der Waals surface area contributed by atoms with Crippen molar-refractivity contribution < 1.29 is 28.5 Å². The van der Waals surface area contributed by atoms with Crippen molar-refractivity contribution in [1.82, 2.24) is 0 Å². The van der Waals surface area contributed by atoms with Gasteiger partial charge >= 0.3 is 5.97 Å². The van der Waals surface area contributed by atoms with E-state index < -0.39 is 12.0 Å². The van der Waals surface area contributed by atoms with Crippen LogP contribution in [-0.2, 0) is 28.5 Å². The molecule has 0 radical (unpaired) electrons. The quantitative estimate of drug-likeness (QED) is 0.345. The minimum Gasteiger partial charge on any atom is -0.468 e. The highest BCUT2D eigenvalue weighted by atomic mass is 16.6. The highest BCUT2D eigenvalue weighted by Gasteiger charge is 2.12. The summed E-state index contributed by atoms with van der Waals surface area (Å²) < 4.78 is 25.6. The van der Waals surface area contributed by atoms with Crippen LogP contribution in [0.5, 0.6) is 0 Å². The monoisotopic (exact) mass is 307 g/mol. The van der Waals surface area contributed by atoms with Crippen molar-refractivity contribution in [2.75, 3.05) is 60.0 Å². The van der Waals surface area contributed by atoms with E-state index in [1.165, 1.54) is 7.11 Å². The highest BCUT2D eigenvalue weighted by Crippen LogP contribution is 1.89. The lowest BCUT2D eigenvalue weighted by Gasteiger charge is -2.10. The van der Waals surface area contributed by atoms with E-state index in [1.807, 2.05) is 0 Å². The Morgan fingerprint density at radius 2 is 1.38 bits per heavy atom. The predicted molar refractivity (Wildman–Crippen MR) is 78.2 cm³/mol. The van der Waals surface area contributed by atoms with E-state index in [9.17, 15) is 4.79 Å². The van der Waals surface area contributed by atoms with Crippen LogP contribution in [0.2, 0.25) is 0 Å². The van der Waals surface area contributed by atoms with Crippen LogP contribution in [0.4, 0.5) is 0 Å². The number of methoxy groups -OCH3 is 1. The van der Waals surface area contributed by atoms with Crippen LogP contribution in [0.3, 0.4) is 0 Å². The van der Waals surface area contributed by atoms with Crippen LogP contribution in [0.15, 0.2) is 0 Å². The van der Waals surface area contributed by atoms with E-state index in [4.69, 9.17) is 24.7 Å². The van der Waals surface area contributed by atoms with Gasteiger partial charge in [0.05, 0.1) is 53.4 Å². The Balaban J connectivity index is 3.11. The molecule has 0 aromatic carbocycles. The number of hydrogen-bond acceptors (Lipinski definition) is 7. The molecule has 0 saturated heterocycles. The minimum absolute atomic E-state index is 0.127. The zero-order valence-corrected chi connectivity index (χ0v) is 13.2. The second-order valence-electron chi connectivity index (χ2n) is 4.40. The molecule has 7 heteroatoms. The molecule has 0 aromatic rings. The lowest BCUT2D eigenvalue weighted by molar-refractivity contribution is -0.143. The molecule has 2 N–H and O–H groups in total. The van der Waals surface area contributed by atoms with E-state index in [2.05, 4.69) is 11.7 Å². The number of esters is 1. The van der Waals surface area contributed by atoms with Gasteiger partial charge < -0.3 is 29.4 Å². The van der Waals surface area contributed by atoms with Gasteiger partial charge in [0.25, 0.3) is 0 Å². The SMILES string of the molecule is CCCCOCCOCCOCCOCC(N)C(=O)OC. The number of unbranched alkanes of at least 4 members (excludes halogenated alkanes) is 1. The lowest BCUT2D eigenvalue weighted by atomic mass is 10.3. The van der Waals surface area contributed by atoms with Crippen LogP contribution in [0, 0.1) is 0 Å². The van der Waals surface area contributed by atoms with Crippen LogP contribution in [0.25, 0.3) is 0 Å². The van der Waals surface area contributed by atoms with E-state index >= 15 is 0 Å². The van der Waals surface area contributed by atoms with E-state index in [-0.39, 0.29) is 6.61 Å². The molecule has 0 bridgehead atoms. The molecular formula is C14H29NO6. The van der Waals surface area contributed by atoms with Crippen LogP contribution < -0.4 is 5.73 Å². The maximum atomic E-state index is 11.0. The molecular weight excluding hydrogens is 278 g/mol. The molecule has 0 fully saturated rings. The molecule has 21 heavy (non-hydrogen) atoms. The van der Waals surface area contributed by atoms with Crippen molar-refractivity contribution in [3.8, 4) is 0 Å². The molecule has 7 nitrogen and oxygen atoms in total. The van der Waals surface area contributed by atoms with Gasteiger partial charge in [-0.25, -0.2) is 0 Å². The van der Waals surface area contributed by atoms with Gasteiger partial charge in [-0.15, -0.1) is 0 Å². The van der Waals surface area contributed by atoms with Crippen molar-refractivity contribution in [1.29, 1.82) is 0 Å². The summed E-state index contributed by atoms with van der Waals surface area (Å²) in [6.45, 7) is 6.09. The van der Waals surface area contributed by atoms with Crippen LogP contribution in [-0.4, -0.2) is 72.0 Å². The molecule has 0 aliphatic carbocycles. The normalized spacial score (nSPS) is 12.3. The number of rotatable bonds is 15. The number of ether oxygens (including phenoxy) is 5. The molecule has 0 aliphatic rings. The van der Waals surface area contributed by atoms with Gasteiger partial charge in [0.2, 0.25) is 0 Å². The maximum Gasteiger partial charge on any atom is 0.325 e. The highest BCUT2D eigenvalue weighted by molar-refractivity contribution is 5.75. The second-order valence-corrected chi connectivity index (χ2v) is 4.40. The average molecular weight is 307 g/mol. The van der Waals surface area contributed by atoms with Gasteiger partial charge in [0, 0.05) is 6.61 Å². The third kappa shape index (κ3) is 14.0. The Morgan fingerprint density at radius 1 is 0.905 bits per heavy atom. The zero-order chi connectivity index (χ0) is 15.8. The van der Waals surface area contributed by atoms with Crippen molar-refractivity contribution in [2.45, 2.75) is 25.8 Å². The molecule has 1 unspecified atom stereocenters. The van der Waals surface area contributed by atoms with E-state index in [0.717, 1.165) is 19.4 Å². The van der Waals surface area contributed by atoms with Gasteiger partial charge in [0.15, 0.2) is 0 Å². The fourth-order valence-electron chi connectivity index (χ4n) is 1.34. The third-order valence-corrected chi connectivity index (χ3v) is 2.56. The van der Waals surface area contributed by atoms with Gasteiger partial charge in [-0.1, -0.05) is 13.3 Å². The number of hydrogen-bond donors (Lipinski definition) is 1. The second kappa shape index (κ2) is 15.7. The summed E-state index contributed by atoms with van der Waals surface area (Å²) in [6.07, 6.45) is 2.23. The summed E-state index contributed by atoms with van der Waals surface area (Å²) in [6, 6.07) is -0.744. The Morgan fingerprint density at radius 3 is 1.86 bits per heavy atom. The molecule has 0 amide bonds. The fraction of sp³-hybridized carbons (Fsp3) is 0.929. The molecule has 126 valence electrons. The largest absolute Gasteiger partial charge is 0.468 e. The number of nitrogens with two attached hydrogens (primary N) is 1. The first-order valence-corrected chi connectivity index (χ1v) is 7.36. The molecule has 0 heterocycles. The molecule has 0 saturated carbocycles. The van der Waals surface area contributed by atoms with Crippen molar-refractivity contribution in [3.05, 3.63) is 0 Å². The molecule has 0 aromatic heterocycles. The molecule has 0 aliphatic heterocycles. The number of carbonyl (C=O) groups is 1. The van der Waals surface area contributed by atoms with Crippen molar-refractivity contribution in [2.24, 2.45) is 5.73 Å². The topological polar surface area (TPSA) is 89.2 Å². The van der Waals surface area contributed by atoms with Crippen LogP contribution in [0.1, 0.15) is 19.8 Å². The van der Waals surface area contributed by atoms with E-state index in [0.29, 0.717) is 39.6 Å². The zero-order valence-electron chi connectivity index (χ0n) is 13.2. The predicted octanol–water partition coefficient (Wildman–Crippen LogP) is 0.353. The van der Waals surface area contributed by atoms with Crippen molar-refractivity contribution in [3.63, 3.8) is 0 Å². The summed E-state index contributed by atoms with van der Waals surface area (Å²) in [4.78, 5) is 11.0. The summed E-state index contributed by atoms with van der Waals surface area (Å²) in [5.74, 6) is -0.481. The first-order chi connectivity index (χ1) is 10.2. The van der Waals surface area contributed by atoms with Crippen molar-refractivity contribution >= 4 is 5.97 Å². The Labute approximate surface area is 127 Å². The average Bonchev–Trinajstić information content (AvgIpc) is 2.50. The Bertz CT molecular complexity index is 240. The standard InChI is InChI=1S/C14H29NO6/c1-3-4-5-18-6-7-19-8-9-20-10-11-21-12-13(15)14(16)17-2/h13H,3-12,15H2,1-2H3. The molecule has 1 atom stereocenters. The number of carbonyl (C=O) groups excluding carboxylic acids is 1. The fourth-order valence-corrected chi connectivity index (χ4v) is 1.34. The van der Waals surface area contributed by atoms with Gasteiger partial charge in [-0.3, -0.25) is 4.79 Å². The Hall–Kier alpha value is -0.730. The Kier molecular flexibility index (Phi) is 15.1. The van der Waals surface area contributed by atoms with E-state index in [1.54, 1.807) is 0 Å². The third-order valence-electron chi connectivity index (χ3n) is 2.56. The van der Waals surface area contributed by atoms with Crippen LogP contribution >= 0.6 is 0 Å².